The molecule has 0 aliphatic heterocycles. The molecule has 0 unspecified atom stereocenters. The van der Waals surface area contributed by atoms with Crippen LogP contribution in [0.2, 0.25) is 0 Å². The summed E-state index contributed by atoms with van der Waals surface area (Å²) in [5.74, 6) is 1.36. The van der Waals surface area contributed by atoms with Crippen molar-refractivity contribution in [1.29, 1.82) is 0 Å². The lowest BCUT2D eigenvalue weighted by atomic mass is 10.2. The van der Waals surface area contributed by atoms with Crippen molar-refractivity contribution in [2.75, 3.05) is 25.5 Å². The largest absolute Gasteiger partial charge is 0.494 e. The van der Waals surface area contributed by atoms with Crippen LogP contribution in [0.3, 0.4) is 0 Å². The molecule has 0 aliphatic rings. The molecule has 0 saturated heterocycles. The molecule has 0 bridgehead atoms. The maximum atomic E-state index is 13.7. The van der Waals surface area contributed by atoms with Gasteiger partial charge in [0, 0.05) is 30.1 Å². The summed E-state index contributed by atoms with van der Waals surface area (Å²) in [7, 11) is -1.08. The molecule has 12 nitrogen and oxygen atoms in total. The third-order valence-electron chi connectivity index (χ3n) is 5.65. The molecule has 2 atom stereocenters. The van der Waals surface area contributed by atoms with E-state index in [0.717, 1.165) is 11.3 Å². The Morgan fingerprint density at radius 2 is 1.74 bits per heavy atom. The van der Waals surface area contributed by atoms with Crippen LogP contribution < -0.4 is 14.2 Å². The van der Waals surface area contributed by atoms with Crippen molar-refractivity contribution in [3.05, 3.63) is 53.1 Å². The van der Waals surface area contributed by atoms with Gasteiger partial charge in [0.1, 0.15) is 28.5 Å². The molecule has 38 heavy (non-hydrogen) atoms. The topological polar surface area (TPSA) is 143 Å². The van der Waals surface area contributed by atoms with Crippen LogP contribution in [-0.2, 0) is 14.8 Å². The fourth-order valence-electron chi connectivity index (χ4n) is 3.74. The first-order valence-electron chi connectivity index (χ1n) is 11.7. The van der Waals surface area contributed by atoms with E-state index in [-0.39, 0.29) is 18.4 Å². The third-order valence-corrected chi connectivity index (χ3v) is 8.30. The summed E-state index contributed by atoms with van der Waals surface area (Å²) in [6, 6.07) is 5.23. The van der Waals surface area contributed by atoms with Crippen molar-refractivity contribution in [2.45, 2.75) is 39.0 Å². The van der Waals surface area contributed by atoms with Crippen molar-refractivity contribution in [1.82, 2.24) is 29.7 Å². The molecule has 0 amide bonds. The standard InChI is InChI=1S/C24H29N7O5S2/c1-7-36-20(21-25-11-14(2)12-26-21)16(4)38(32,33)30-24-29-28-22(23-27-15(3)13-37-23)31(24)19-17(34-5)9-8-10-18(19)35-6/h8-13,16,20H,7H2,1-6H3,(H,29,30)/t16-,20-/m1/s1. The van der Waals surface area contributed by atoms with Crippen molar-refractivity contribution in [3.63, 3.8) is 0 Å². The van der Waals surface area contributed by atoms with Crippen LogP contribution in [0.5, 0.6) is 11.5 Å². The number of para-hydroxylation sites is 1. The Morgan fingerprint density at radius 1 is 1.08 bits per heavy atom. The number of hydrogen-bond acceptors (Lipinski definition) is 11. The van der Waals surface area contributed by atoms with Gasteiger partial charge in [-0.2, -0.15) is 0 Å². The Labute approximate surface area is 225 Å². The zero-order valence-corrected chi connectivity index (χ0v) is 23.5. The van der Waals surface area contributed by atoms with Gasteiger partial charge in [0.2, 0.25) is 16.0 Å². The first-order valence-corrected chi connectivity index (χ1v) is 14.1. The Bertz CT molecular complexity index is 1480. The number of aryl methyl sites for hydroxylation is 2. The minimum Gasteiger partial charge on any atom is -0.494 e. The summed E-state index contributed by atoms with van der Waals surface area (Å²) in [6.45, 7) is 7.28. The molecule has 0 spiro atoms. The number of benzene rings is 1. The molecule has 1 aromatic carbocycles. The molecule has 4 rings (SSSR count). The third kappa shape index (κ3) is 5.47. The fourth-order valence-corrected chi connectivity index (χ4v) is 5.61. The second kappa shape index (κ2) is 11.4. The molecular formula is C24H29N7O5S2. The van der Waals surface area contributed by atoms with E-state index in [2.05, 4.69) is 29.9 Å². The number of nitrogens with zero attached hydrogens (tertiary/aromatic N) is 6. The van der Waals surface area contributed by atoms with Gasteiger partial charge in [0.05, 0.1) is 14.2 Å². The number of thiazole rings is 1. The normalized spacial score (nSPS) is 13.2. The molecule has 1 N–H and O–H groups in total. The molecule has 4 aromatic rings. The van der Waals surface area contributed by atoms with Crippen LogP contribution in [0.15, 0.2) is 36.0 Å². The Morgan fingerprint density at radius 3 is 2.29 bits per heavy atom. The second-order valence-corrected chi connectivity index (χ2v) is 11.2. The van der Waals surface area contributed by atoms with Gasteiger partial charge in [-0.3, -0.25) is 9.29 Å². The van der Waals surface area contributed by atoms with Crippen molar-refractivity contribution >= 4 is 27.3 Å². The number of anilines is 1. The van der Waals surface area contributed by atoms with Gasteiger partial charge in [-0.15, -0.1) is 21.5 Å². The Kier molecular flexibility index (Phi) is 8.23. The van der Waals surface area contributed by atoms with E-state index in [1.165, 1.54) is 37.0 Å². The quantitative estimate of drug-likeness (QED) is 0.289. The average Bonchev–Trinajstić information content (AvgIpc) is 3.52. The molecule has 0 saturated carbocycles. The van der Waals surface area contributed by atoms with Gasteiger partial charge < -0.3 is 14.2 Å². The highest BCUT2D eigenvalue weighted by Crippen LogP contribution is 2.38. The summed E-state index contributed by atoms with van der Waals surface area (Å²) in [5.41, 5.74) is 2.06. The molecule has 3 heterocycles. The predicted molar refractivity (Wildman–Crippen MR) is 143 cm³/mol. The monoisotopic (exact) mass is 559 g/mol. The Hall–Kier alpha value is -3.62. The highest BCUT2D eigenvalue weighted by molar-refractivity contribution is 7.93. The number of nitrogens with one attached hydrogen (secondary N) is 1. The van der Waals surface area contributed by atoms with Gasteiger partial charge in [-0.25, -0.2) is 23.4 Å². The zero-order chi connectivity index (χ0) is 27.4. The molecule has 0 fully saturated rings. The molecule has 3 aromatic heterocycles. The summed E-state index contributed by atoms with van der Waals surface area (Å²) in [5, 5.41) is 9.81. The lowest BCUT2D eigenvalue weighted by molar-refractivity contribution is 0.0557. The van der Waals surface area contributed by atoms with Crippen LogP contribution in [-0.4, -0.2) is 64.2 Å². The van der Waals surface area contributed by atoms with Crippen molar-refractivity contribution in [2.24, 2.45) is 0 Å². The SMILES string of the molecule is CCO[C@@H](c1ncc(C)cn1)[C@@H](C)S(=O)(=O)Nc1nnc(-c2nc(C)cs2)n1-c1c(OC)cccc1OC. The first-order chi connectivity index (χ1) is 18.2. The summed E-state index contributed by atoms with van der Waals surface area (Å²) in [6.07, 6.45) is 2.32. The first kappa shape index (κ1) is 27.4. The van der Waals surface area contributed by atoms with E-state index in [9.17, 15) is 8.42 Å². The van der Waals surface area contributed by atoms with Crippen LogP contribution >= 0.6 is 11.3 Å². The molecule has 0 aliphatic carbocycles. The molecular weight excluding hydrogens is 530 g/mol. The zero-order valence-electron chi connectivity index (χ0n) is 21.9. The predicted octanol–water partition coefficient (Wildman–Crippen LogP) is 3.72. The lowest BCUT2D eigenvalue weighted by Crippen LogP contribution is -2.34. The fraction of sp³-hybridized carbons (Fsp3) is 0.375. The maximum Gasteiger partial charge on any atom is 0.243 e. The van der Waals surface area contributed by atoms with Gasteiger partial charge >= 0.3 is 0 Å². The number of sulfonamides is 1. The van der Waals surface area contributed by atoms with Gasteiger partial charge in [-0.05, 0) is 45.4 Å². The van der Waals surface area contributed by atoms with E-state index in [1.54, 1.807) is 37.5 Å². The van der Waals surface area contributed by atoms with Crippen LogP contribution in [0.1, 0.15) is 37.0 Å². The van der Waals surface area contributed by atoms with E-state index in [0.29, 0.717) is 28.0 Å². The lowest BCUT2D eigenvalue weighted by Gasteiger charge is -2.23. The molecule has 0 radical (unpaired) electrons. The Balaban J connectivity index is 1.82. The number of hydrogen-bond donors (Lipinski definition) is 1. The number of rotatable bonds is 11. The number of ether oxygens (including phenoxy) is 3. The van der Waals surface area contributed by atoms with Gasteiger partial charge in [0.15, 0.2) is 16.7 Å². The highest BCUT2D eigenvalue weighted by Gasteiger charge is 2.35. The molecule has 14 heteroatoms. The van der Waals surface area contributed by atoms with Crippen molar-refractivity contribution in [3.8, 4) is 28.0 Å². The highest BCUT2D eigenvalue weighted by atomic mass is 32.2. The maximum absolute atomic E-state index is 13.7. The van der Waals surface area contributed by atoms with E-state index < -0.39 is 21.4 Å². The van der Waals surface area contributed by atoms with Gasteiger partial charge in [-0.1, -0.05) is 6.07 Å². The van der Waals surface area contributed by atoms with Crippen LogP contribution in [0, 0.1) is 13.8 Å². The number of aromatic nitrogens is 6. The summed E-state index contributed by atoms with van der Waals surface area (Å²) >= 11 is 1.36. The van der Waals surface area contributed by atoms with Gasteiger partial charge in [0.25, 0.3) is 0 Å². The minimum absolute atomic E-state index is 0.0671. The second-order valence-electron chi connectivity index (χ2n) is 8.33. The summed E-state index contributed by atoms with van der Waals surface area (Å²) < 4.78 is 48.5. The smallest absolute Gasteiger partial charge is 0.243 e. The van der Waals surface area contributed by atoms with E-state index >= 15 is 0 Å². The average molecular weight is 560 g/mol. The molecule has 202 valence electrons. The van der Waals surface area contributed by atoms with Crippen LogP contribution in [0.4, 0.5) is 5.95 Å². The minimum atomic E-state index is -4.10. The number of methoxy groups -OCH3 is 2. The summed E-state index contributed by atoms with van der Waals surface area (Å²) in [4.78, 5) is 13.1. The van der Waals surface area contributed by atoms with E-state index in [1.807, 2.05) is 19.2 Å². The van der Waals surface area contributed by atoms with E-state index in [4.69, 9.17) is 14.2 Å². The van der Waals surface area contributed by atoms with Crippen molar-refractivity contribution < 1.29 is 22.6 Å². The van der Waals surface area contributed by atoms with Crippen LogP contribution in [0.25, 0.3) is 16.5 Å².